The Morgan fingerprint density at radius 1 is 1.14 bits per heavy atom. The molecular weight excluding hydrogens is 535 g/mol. The van der Waals surface area contributed by atoms with Gasteiger partial charge in [-0.25, -0.2) is 0 Å². The molecule has 1 aliphatic rings. The minimum absolute atomic E-state index is 0.00714. The molecule has 1 aliphatic heterocycles. The van der Waals surface area contributed by atoms with E-state index in [4.69, 9.17) is 9.47 Å². The van der Waals surface area contributed by atoms with Crippen LogP contribution >= 0.6 is 15.9 Å². The number of fused-ring (bicyclic) bond motifs is 1. The number of nitrogens with zero attached hydrogens (tertiary/aromatic N) is 3. The lowest BCUT2D eigenvalue weighted by Crippen LogP contribution is -2.34. The van der Waals surface area contributed by atoms with E-state index in [1.807, 2.05) is 0 Å². The van der Waals surface area contributed by atoms with Gasteiger partial charge < -0.3 is 19.5 Å². The Morgan fingerprint density at radius 3 is 2.37 bits per heavy atom. The number of methoxy groups -OCH3 is 2. The summed E-state index contributed by atoms with van der Waals surface area (Å²) < 4.78 is 53.2. The van der Waals surface area contributed by atoms with Crippen LogP contribution in [0.25, 0.3) is 16.9 Å². The van der Waals surface area contributed by atoms with Crippen molar-refractivity contribution in [3.05, 3.63) is 62.4 Å². The summed E-state index contributed by atoms with van der Waals surface area (Å²) in [6, 6.07) is 8.07. The first kappa shape index (κ1) is 24.6. The number of rotatable bonds is 6. The molecule has 1 aromatic heterocycles. The second kappa shape index (κ2) is 9.25. The molecule has 0 fully saturated rings. The van der Waals surface area contributed by atoms with Crippen molar-refractivity contribution in [2.24, 2.45) is 0 Å². The third kappa shape index (κ3) is 4.70. The fourth-order valence-electron chi connectivity index (χ4n) is 4.05. The average molecular weight is 554 g/mol. The summed E-state index contributed by atoms with van der Waals surface area (Å²) in [5.74, 6) is -0.360. The minimum atomic E-state index is -4.77. The molecule has 8 nitrogen and oxygen atoms in total. The molecule has 184 valence electrons. The maximum atomic E-state index is 13.9. The molecule has 35 heavy (non-hydrogen) atoms. The van der Waals surface area contributed by atoms with Crippen molar-refractivity contribution >= 4 is 27.6 Å². The number of hydrogen-bond acceptors (Lipinski definition) is 6. The molecule has 3 aromatic rings. The zero-order chi connectivity index (χ0) is 25.5. The van der Waals surface area contributed by atoms with Gasteiger partial charge in [0.1, 0.15) is 23.7 Å². The molecule has 0 bridgehead atoms. The van der Waals surface area contributed by atoms with E-state index in [-0.39, 0.29) is 24.3 Å². The molecule has 12 heteroatoms. The van der Waals surface area contributed by atoms with Crippen LogP contribution in [0.1, 0.15) is 11.1 Å². The highest BCUT2D eigenvalue weighted by Gasteiger charge is 2.36. The second-order valence-electron chi connectivity index (χ2n) is 7.72. The Bertz CT molecular complexity index is 1350. The van der Waals surface area contributed by atoms with E-state index in [9.17, 15) is 27.9 Å². The molecule has 4 rings (SSSR count). The van der Waals surface area contributed by atoms with Crippen LogP contribution in [0.5, 0.6) is 11.5 Å². The Hall–Kier alpha value is -3.54. The highest BCUT2D eigenvalue weighted by molar-refractivity contribution is 9.10. The van der Waals surface area contributed by atoms with Gasteiger partial charge in [0.2, 0.25) is 0 Å². The number of carboxylic acid groups (broad SMARTS) is 1. The predicted molar refractivity (Wildman–Crippen MR) is 125 cm³/mol. The largest absolute Gasteiger partial charge is 0.497 e. The Morgan fingerprint density at radius 2 is 1.80 bits per heavy atom. The van der Waals surface area contributed by atoms with Gasteiger partial charge in [-0.3, -0.25) is 9.59 Å². The van der Waals surface area contributed by atoms with E-state index >= 15 is 0 Å². The molecule has 0 spiro atoms. The molecule has 0 amide bonds. The lowest BCUT2D eigenvalue weighted by molar-refractivity contribution is -0.137. The molecule has 0 saturated heterocycles. The number of alkyl halides is 3. The normalized spacial score (nSPS) is 13.0. The summed E-state index contributed by atoms with van der Waals surface area (Å²) in [7, 11) is 2.89. The van der Waals surface area contributed by atoms with Gasteiger partial charge in [-0.15, -0.1) is 0 Å². The van der Waals surface area contributed by atoms with Crippen molar-refractivity contribution in [2.45, 2.75) is 12.6 Å². The summed E-state index contributed by atoms with van der Waals surface area (Å²) in [5.41, 5.74) is -1.31. The molecule has 0 radical (unpaired) electrons. The van der Waals surface area contributed by atoms with E-state index in [0.29, 0.717) is 31.8 Å². The molecular formula is C23H19BrF3N3O5. The smallest absolute Gasteiger partial charge is 0.418 e. The number of aliphatic carboxylic acids is 1. The fraction of sp³-hybridized carbons (Fsp3) is 0.261. The number of ether oxygens (including phenoxy) is 2. The fourth-order valence-corrected chi connectivity index (χ4v) is 4.40. The van der Waals surface area contributed by atoms with E-state index in [1.165, 1.54) is 25.2 Å². The summed E-state index contributed by atoms with van der Waals surface area (Å²) in [4.78, 5) is 26.3. The maximum absolute atomic E-state index is 13.9. The quantitative estimate of drug-likeness (QED) is 0.490. The first-order chi connectivity index (χ1) is 16.5. The van der Waals surface area contributed by atoms with Crippen LogP contribution in [0.4, 0.5) is 18.9 Å². The zero-order valence-corrected chi connectivity index (χ0v) is 20.1. The number of aromatic nitrogens is 2. The highest BCUT2D eigenvalue weighted by Crippen LogP contribution is 2.38. The molecule has 0 atom stereocenters. The number of benzene rings is 2. The van der Waals surface area contributed by atoms with Crippen LogP contribution in [0.3, 0.4) is 0 Å². The monoisotopic (exact) mass is 553 g/mol. The number of anilines is 1. The molecule has 0 unspecified atom stereocenters. The van der Waals surface area contributed by atoms with E-state index in [1.54, 1.807) is 18.2 Å². The zero-order valence-electron chi connectivity index (χ0n) is 18.5. The summed E-state index contributed by atoms with van der Waals surface area (Å²) in [5, 5.41) is 13.7. The Balaban J connectivity index is 2.08. The van der Waals surface area contributed by atoms with E-state index in [2.05, 4.69) is 21.0 Å². The summed E-state index contributed by atoms with van der Waals surface area (Å²) in [6.07, 6.45) is -4.48. The van der Waals surface area contributed by atoms with Crippen LogP contribution in [0, 0.1) is 0 Å². The van der Waals surface area contributed by atoms with Gasteiger partial charge in [-0.2, -0.15) is 23.0 Å². The molecule has 0 aliphatic carbocycles. The lowest BCUT2D eigenvalue weighted by atomic mass is 10.0. The van der Waals surface area contributed by atoms with Crippen molar-refractivity contribution < 1.29 is 32.5 Å². The van der Waals surface area contributed by atoms with Crippen molar-refractivity contribution in [1.29, 1.82) is 0 Å². The third-order valence-corrected chi connectivity index (χ3v) is 6.05. The maximum Gasteiger partial charge on any atom is 0.418 e. The van der Waals surface area contributed by atoms with E-state index in [0.717, 1.165) is 12.1 Å². The minimum Gasteiger partial charge on any atom is -0.497 e. The van der Waals surface area contributed by atoms with Crippen molar-refractivity contribution in [1.82, 2.24) is 9.78 Å². The number of halogens is 4. The van der Waals surface area contributed by atoms with Gasteiger partial charge in [0.15, 0.2) is 0 Å². The third-order valence-electron chi connectivity index (χ3n) is 5.56. The number of carboxylic acids is 1. The lowest BCUT2D eigenvalue weighted by Gasteiger charge is -2.20. The van der Waals surface area contributed by atoms with Crippen molar-refractivity contribution in [3.63, 3.8) is 0 Å². The molecule has 2 heterocycles. The molecule has 0 saturated carbocycles. The van der Waals surface area contributed by atoms with Crippen LogP contribution in [-0.4, -0.2) is 48.2 Å². The van der Waals surface area contributed by atoms with Gasteiger partial charge in [0.05, 0.1) is 31.2 Å². The SMILES string of the molecule is COc1cc(OC)cc(-c2nn(-c3cc(Br)ccc3C(F)(F)F)c(=O)c3c2CCN3CC(=O)O)c1. The van der Waals surface area contributed by atoms with Gasteiger partial charge in [-0.05, 0) is 36.8 Å². The Kier molecular flexibility index (Phi) is 6.50. The topological polar surface area (TPSA) is 93.9 Å². The molecule has 1 N–H and O–H groups in total. The first-order valence-corrected chi connectivity index (χ1v) is 11.1. The first-order valence-electron chi connectivity index (χ1n) is 10.3. The highest BCUT2D eigenvalue weighted by atomic mass is 79.9. The molecule has 2 aromatic carbocycles. The standard InChI is InChI=1S/C23H19BrF3N3O5/c1-34-14-7-12(8-15(10-14)35-2)20-16-5-6-29(11-19(31)32)21(16)22(33)30(28-20)18-9-13(24)3-4-17(18)23(25,26)27/h3-4,7-10H,5-6,11H2,1-2H3,(H,31,32). The van der Waals surface area contributed by atoms with Crippen LogP contribution < -0.4 is 19.9 Å². The van der Waals surface area contributed by atoms with Gasteiger partial charge in [-0.1, -0.05) is 15.9 Å². The number of carbonyl (C=O) groups is 1. The Labute approximate surface area is 205 Å². The van der Waals surface area contributed by atoms with Crippen LogP contribution in [0.15, 0.2) is 45.7 Å². The summed E-state index contributed by atoms with van der Waals surface area (Å²) in [6.45, 7) is -0.293. The van der Waals surface area contributed by atoms with E-state index < -0.39 is 35.5 Å². The van der Waals surface area contributed by atoms with Gasteiger partial charge in [0.25, 0.3) is 5.56 Å². The van der Waals surface area contributed by atoms with Crippen LogP contribution in [0.2, 0.25) is 0 Å². The van der Waals surface area contributed by atoms with Crippen molar-refractivity contribution in [2.75, 3.05) is 32.2 Å². The number of hydrogen-bond donors (Lipinski definition) is 1. The van der Waals surface area contributed by atoms with Crippen molar-refractivity contribution in [3.8, 4) is 28.4 Å². The van der Waals surface area contributed by atoms with Gasteiger partial charge >= 0.3 is 12.1 Å². The predicted octanol–water partition coefficient (Wildman–Crippen LogP) is 4.15. The second-order valence-corrected chi connectivity index (χ2v) is 8.63. The van der Waals surface area contributed by atoms with Crippen LogP contribution in [-0.2, 0) is 17.4 Å². The van der Waals surface area contributed by atoms with Gasteiger partial charge in [0, 0.05) is 28.2 Å². The average Bonchev–Trinajstić information content (AvgIpc) is 3.21. The summed E-state index contributed by atoms with van der Waals surface area (Å²) >= 11 is 3.16.